The predicted octanol–water partition coefficient (Wildman–Crippen LogP) is -0.376. The molecule has 6 heteroatoms. The van der Waals surface area contributed by atoms with Crippen molar-refractivity contribution in [2.24, 2.45) is 0 Å². The van der Waals surface area contributed by atoms with Gasteiger partial charge in [0.25, 0.3) is 0 Å². The fraction of sp³-hybridized carbons (Fsp3) is 0.933. The Hall–Kier alpha value is -0.690. The second-order valence-corrected chi connectivity index (χ2v) is 6.04. The van der Waals surface area contributed by atoms with Crippen LogP contribution in [0.3, 0.4) is 0 Å². The van der Waals surface area contributed by atoms with Crippen molar-refractivity contribution < 1.29 is 14.6 Å². The highest BCUT2D eigenvalue weighted by Crippen LogP contribution is 2.12. The van der Waals surface area contributed by atoms with Crippen molar-refractivity contribution in [1.29, 1.82) is 0 Å². The van der Waals surface area contributed by atoms with Crippen molar-refractivity contribution in [3.63, 3.8) is 0 Å². The number of amides is 1. The number of carbonyl (C=O) groups is 1. The van der Waals surface area contributed by atoms with Crippen LogP contribution in [-0.2, 0) is 9.53 Å². The van der Waals surface area contributed by atoms with Gasteiger partial charge in [0.15, 0.2) is 0 Å². The van der Waals surface area contributed by atoms with Crippen LogP contribution in [0, 0.1) is 0 Å². The van der Waals surface area contributed by atoms with Gasteiger partial charge in [0, 0.05) is 51.8 Å². The molecule has 1 N–H and O–H groups in total. The van der Waals surface area contributed by atoms with Crippen molar-refractivity contribution >= 4 is 5.91 Å². The number of rotatable bonds is 6. The summed E-state index contributed by atoms with van der Waals surface area (Å²) in [5.41, 5.74) is 0. The van der Waals surface area contributed by atoms with Gasteiger partial charge in [0.1, 0.15) is 0 Å². The van der Waals surface area contributed by atoms with Gasteiger partial charge in [-0.05, 0) is 26.4 Å². The molecule has 122 valence electrons. The van der Waals surface area contributed by atoms with Crippen LogP contribution < -0.4 is 0 Å². The summed E-state index contributed by atoms with van der Waals surface area (Å²) in [7, 11) is 2.07. The zero-order chi connectivity index (χ0) is 15.1. The average molecular weight is 299 g/mol. The summed E-state index contributed by atoms with van der Waals surface area (Å²) in [5.74, 6) is 0.263. The van der Waals surface area contributed by atoms with Crippen LogP contribution in [0.5, 0.6) is 0 Å². The summed E-state index contributed by atoms with van der Waals surface area (Å²) >= 11 is 0. The van der Waals surface area contributed by atoms with Crippen molar-refractivity contribution in [1.82, 2.24) is 14.7 Å². The molecule has 2 aliphatic heterocycles. The number of morpholine rings is 1. The number of hydrogen-bond donors (Lipinski definition) is 1. The third kappa shape index (κ3) is 5.21. The number of likely N-dealkylation sites (N-methyl/N-ethyl adjacent to an activating group) is 1. The molecule has 0 bridgehead atoms. The third-order valence-corrected chi connectivity index (χ3v) is 4.56. The molecule has 0 aliphatic carbocycles. The maximum Gasteiger partial charge on any atom is 0.222 e. The van der Waals surface area contributed by atoms with E-state index in [9.17, 15) is 4.79 Å². The molecule has 1 unspecified atom stereocenters. The van der Waals surface area contributed by atoms with Gasteiger partial charge in [0.05, 0.1) is 13.2 Å². The van der Waals surface area contributed by atoms with Gasteiger partial charge >= 0.3 is 0 Å². The van der Waals surface area contributed by atoms with Gasteiger partial charge in [-0.25, -0.2) is 0 Å². The molecule has 0 aromatic carbocycles. The first-order valence-corrected chi connectivity index (χ1v) is 8.09. The zero-order valence-corrected chi connectivity index (χ0v) is 13.2. The summed E-state index contributed by atoms with van der Waals surface area (Å²) in [5, 5.41) is 9.10. The van der Waals surface area contributed by atoms with Crippen molar-refractivity contribution in [2.45, 2.75) is 25.3 Å². The molecular formula is C15H29N3O3. The van der Waals surface area contributed by atoms with Crippen molar-refractivity contribution in [2.75, 3.05) is 66.1 Å². The molecule has 2 rings (SSSR count). The molecule has 6 nitrogen and oxygen atoms in total. The molecule has 1 atom stereocenters. The molecule has 2 fully saturated rings. The van der Waals surface area contributed by atoms with E-state index in [1.165, 1.54) is 0 Å². The van der Waals surface area contributed by atoms with Gasteiger partial charge in [-0.1, -0.05) is 0 Å². The molecule has 0 aromatic rings. The summed E-state index contributed by atoms with van der Waals surface area (Å²) in [6, 6.07) is 0.298. The van der Waals surface area contributed by atoms with E-state index >= 15 is 0 Å². The van der Waals surface area contributed by atoms with Crippen LogP contribution in [0.4, 0.5) is 0 Å². The lowest BCUT2D eigenvalue weighted by molar-refractivity contribution is -0.134. The first-order valence-electron chi connectivity index (χ1n) is 8.09. The van der Waals surface area contributed by atoms with E-state index in [0.717, 1.165) is 65.3 Å². The van der Waals surface area contributed by atoms with Crippen LogP contribution in [0.2, 0.25) is 0 Å². The average Bonchev–Trinajstić information content (AvgIpc) is 2.50. The molecule has 1 amide bonds. The van der Waals surface area contributed by atoms with Crippen LogP contribution in [0.1, 0.15) is 19.3 Å². The minimum atomic E-state index is 0.189. The van der Waals surface area contributed by atoms with Crippen molar-refractivity contribution in [3.05, 3.63) is 0 Å². The largest absolute Gasteiger partial charge is 0.396 e. The van der Waals surface area contributed by atoms with Crippen molar-refractivity contribution in [3.8, 4) is 0 Å². The van der Waals surface area contributed by atoms with E-state index in [0.29, 0.717) is 12.5 Å². The van der Waals surface area contributed by atoms with E-state index < -0.39 is 0 Å². The molecule has 21 heavy (non-hydrogen) atoms. The van der Waals surface area contributed by atoms with E-state index in [1.807, 2.05) is 4.90 Å². The Morgan fingerprint density at radius 2 is 2.00 bits per heavy atom. The van der Waals surface area contributed by atoms with E-state index in [1.54, 1.807) is 0 Å². The molecule has 0 spiro atoms. The zero-order valence-electron chi connectivity index (χ0n) is 13.2. The first kappa shape index (κ1) is 16.7. The number of aliphatic hydroxyl groups is 1. The van der Waals surface area contributed by atoms with Gasteiger partial charge in [0.2, 0.25) is 5.91 Å². The standard InChI is InChI=1S/C15H29N3O3/c1-16-6-7-18(13-14(16)4-10-19)15(20)3-2-5-17-8-11-21-12-9-17/h14,19H,2-13H2,1H3. The Morgan fingerprint density at radius 3 is 2.71 bits per heavy atom. The summed E-state index contributed by atoms with van der Waals surface area (Å²) in [6.45, 7) is 7.26. The Balaban J connectivity index is 1.67. The maximum atomic E-state index is 12.3. The fourth-order valence-corrected chi connectivity index (χ4v) is 3.07. The summed E-state index contributed by atoms with van der Waals surface area (Å²) in [4.78, 5) is 18.9. The minimum absolute atomic E-state index is 0.189. The van der Waals surface area contributed by atoms with Gasteiger partial charge in [-0.3, -0.25) is 14.6 Å². The summed E-state index contributed by atoms with van der Waals surface area (Å²) in [6.07, 6.45) is 2.30. The molecule has 2 heterocycles. The Labute approximate surface area is 127 Å². The van der Waals surface area contributed by atoms with E-state index in [4.69, 9.17) is 9.84 Å². The van der Waals surface area contributed by atoms with Crippen LogP contribution in [0.15, 0.2) is 0 Å². The molecule has 2 saturated heterocycles. The van der Waals surface area contributed by atoms with Gasteiger partial charge in [-0.2, -0.15) is 0 Å². The molecule has 0 aromatic heterocycles. The van der Waals surface area contributed by atoms with E-state index in [-0.39, 0.29) is 12.5 Å². The smallest absolute Gasteiger partial charge is 0.222 e. The normalized spacial score (nSPS) is 25.2. The highest BCUT2D eigenvalue weighted by atomic mass is 16.5. The second kappa shape index (κ2) is 8.68. The first-order chi connectivity index (χ1) is 10.2. The minimum Gasteiger partial charge on any atom is -0.396 e. The quantitative estimate of drug-likeness (QED) is 0.725. The van der Waals surface area contributed by atoms with Gasteiger partial charge < -0.3 is 14.7 Å². The third-order valence-electron chi connectivity index (χ3n) is 4.56. The highest BCUT2D eigenvalue weighted by Gasteiger charge is 2.26. The predicted molar refractivity (Wildman–Crippen MR) is 81.2 cm³/mol. The fourth-order valence-electron chi connectivity index (χ4n) is 3.07. The Kier molecular flexibility index (Phi) is 6.89. The second-order valence-electron chi connectivity index (χ2n) is 6.04. The molecule has 2 aliphatic rings. The monoisotopic (exact) mass is 299 g/mol. The van der Waals surface area contributed by atoms with Crippen LogP contribution in [0.25, 0.3) is 0 Å². The highest BCUT2D eigenvalue weighted by molar-refractivity contribution is 5.76. The molecule has 0 radical (unpaired) electrons. The number of ether oxygens (including phenoxy) is 1. The van der Waals surface area contributed by atoms with Crippen LogP contribution >= 0.6 is 0 Å². The molecule has 0 saturated carbocycles. The lowest BCUT2D eigenvalue weighted by atomic mass is 10.1. The topological polar surface area (TPSA) is 56.2 Å². The molecular weight excluding hydrogens is 270 g/mol. The lowest BCUT2D eigenvalue weighted by Crippen LogP contribution is -2.53. The van der Waals surface area contributed by atoms with Gasteiger partial charge in [-0.15, -0.1) is 0 Å². The Bertz CT molecular complexity index is 321. The number of nitrogens with zero attached hydrogens (tertiary/aromatic N) is 3. The maximum absolute atomic E-state index is 12.3. The summed E-state index contributed by atoms with van der Waals surface area (Å²) < 4.78 is 5.33. The Morgan fingerprint density at radius 1 is 1.24 bits per heavy atom. The number of carbonyl (C=O) groups excluding carboxylic acids is 1. The number of hydrogen-bond acceptors (Lipinski definition) is 5. The van der Waals surface area contributed by atoms with Crippen LogP contribution in [-0.4, -0.2) is 97.9 Å². The SMILES string of the molecule is CN1CCN(C(=O)CCCN2CCOCC2)CC1CCO. The lowest BCUT2D eigenvalue weighted by Gasteiger charge is -2.39. The number of piperazine rings is 1. The number of aliphatic hydroxyl groups excluding tert-OH is 1. The van der Waals surface area contributed by atoms with E-state index in [2.05, 4.69) is 16.8 Å².